The summed E-state index contributed by atoms with van der Waals surface area (Å²) < 4.78 is 0.690. The number of benzene rings is 1. The topological polar surface area (TPSA) is 49.3 Å². The van der Waals surface area contributed by atoms with Crippen molar-refractivity contribution in [2.45, 2.75) is 32.4 Å². The first-order valence-electron chi connectivity index (χ1n) is 5.34. The van der Waals surface area contributed by atoms with E-state index in [2.05, 4.69) is 21.2 Å². The molecule has 94 valence electrons. The van der Waals surface area contributed by atoms with E-state index in [1.54, 1.807) is 25.1 Å². The Kier molecular flexibility index (Phi) is 5.43. The van der Waals surface area contributed by atoms with Crippen molar-refractivity contribution in [2.75, 3.05) is 0 Å². The van der Waals surface area contributed by atoms with Crippen LogP contribution in [0.1, 0.15) is 30.6 Å². The van der Waals surface area contributed by atoms with E-state index >= 15 is 0 Å². The molecule has 1 amide bonds. The number of aliphatic hydroxyl groups excluding tert-OH is 1. The largest absolute Gasteiger partial charge is 0.393 e. The minimum atomic E-state index is -0.441. The fourth-order valence-corrected chi connectivity index (χ4v) is 2.13. The van der Waals surface area contributed by atoms with E-state index in [0.717, 1.165) is 0 Å². The van der Waals surface area contributed by atoms with E-state index in [9.17, 15) is 9.90 Å². The second kappa shape index (κ2) is 6.38. The molecular weight excluding hydrogens is 305 g/mol. The molecule has 2 N–H and O–H groups in total. The highest BCUT2D eigenvalue weighted by atomic mass is 79.9. The Morgan fingerprint density at radius 3 is 2.76 bits per heavy atom. The maximum absolute atomic E-state index is 11.9. The van der Waals surface area contributed by atoms with Crippen LogP contribution in [-0.4, -0.2) is 23.2 Å². The van der Waals surface area contributed by atoms with Gasteiger partial charge in [0.2, 0.25) is 0 Å². The molecule has 17 heavy (non-hydrogen) atoms. The average Bonchev–Trinajstić information content (AvgIpc) is 2.20. The summed E-state index contributed by atoms with van der Waals surface area (Å²) in [4.78, 5) is 11.9. The smallest absolute Gasteiger partial charge is 0.253 e. The van der Waals surface area contributed by atoms with Crippen molar-refractivity contribution in [3.8, 4) is 0 Å². The molecule has 0 heterocycles. The van der Waals surface area contributed by atoms with Crippen LogP contribution in [0.3, 0.4) is 0 Å². The molecule has 0 aliphatic rings. The van der Waals surface area contributed by atoms with Crippen molar-refractivity contribution >= 4 is 33.4 Å². The van der Waals surface area contributed by atoms with Crippen LogP contribution >= 0.6 is 27.5 Å². The molecule has 5 heteroatoms. The van der Waals surface area contributed by atoms with Gasteiger partial charge in [0.1, 0.15) is 0 Å². The van der Waals surface area contributed by atoms with E-state index in [0.29, 0.717) is 21.5 Å². The molecule has 2 unspecified atom stereocenters. The zero-order valence-electron chi connectivity index (χ0n) is 9.71. The van der Waals surface area contributed by atoms with Crippen LogP contribution in [0.15, 0.2) is 22.7 Å². The molecule has 3 nitrogen and oxygen atoms in total. The molecule has 1 aromatic carbocycles. The Hall–Kier alpha value is -0.580. The number of nitrogens with one attached hydrogen (secondary N) is 1. The van der Waals surface area contributed by atoms with Crippen molar-refractivity contribution in [2.24, 2.45) is 0 Å². The molecule has 1 rings (SSSR count). The lowest BCUT2D eigenvalue weighted by molar-refractivity contribution is 0.0923. The summed E-state index contributed by atoms with van der Waals surface area (Å²) in [5.41, 5.74) is 0.429. The van der Waals surface area contributed by atoms with Crippen LogP contribution in [0.5, 0.6) is 0 Å². The van der Waals surface area contributed by atoms with E-state index in [1.165, 1.54) is 0 Å². The van der Waals surface area contributed by atoms with Gasteiger partial charge in [-0.25, -0.2) is 0 Å². The minimum Gasteiger partial charge on any atom is -0.393 e. The molecule has 0 fully saturated rings. The Morgan fingerprint density at radius 2 is 2.18 bits per heavy atom. The summed E-state index contributed by atoms with van der Waals surface area (Å²) in [7, 11) is 0. The average molecular weight is 321 g/mol. The third-order valence-corrected chi connectivity index (χ3v) is 3.56. The molecule has 0 aliphatic carbocycles. The highest BCUT2D eigenvalue weighted by molar-refractivity contribution is 9.10. The van der Waals surface area contributed by atoms with Crippen molar-refractivity contribution in [1.82, 2.24) is 5.32 Å². The standard InChI is InChI=1S/C12H15BrClNO2/c1-7(6-8(2)16)15-12(17)9-4-3-5-10(13)11(9)14/h3-5,7-8,16H,6H2,1-2H3,(H,15,17). The summed E-state index contributed by atoms with van der Waals surface area (Å²) in [6, 6.07) is 5.10. The summed E-state index contributed by atoms with van der Waals surface area (Å²) in [6.45, 7) is 3.53. The first-order chi connectivity index (χ1) is 7.91. The van der Waals surface area contributed by atoms with Gasteiger partial charge in [-0.05, 0) is 48.3 Å². The fraction of sp³-hybridized carbons (Fsp3) is 0.417. The van der Waals surface area contributed by atoms with Crippen LogP contribution in [0.2, 0.25) is 5.02 Å². The van der Waals surface area contributed by atoms with Gasteiger partial charge >= 0.3 is 0 Å². The Morgan fingerprint density at radius 1 is 1.53 bits per heavy atom. The van der Waals surface area contributed by atoms with Crippen LogP contribution in [0.25, 0.3) is 0 Å². The molecular formula is C12H15BrClNO2. The number of carbonyl (C=O) groups excluding carboxylic acids is 1. The van der Waals surface area contributed by atoms with Crippen LogP contribution in [-0.2, 0) is 0 Å². The lowest BCUT2D eigenvalue weighted by Crippen LogP contribution is -2.34. The zero-order chi connectivity index (χ0) is 13.0. The maximum atomic E-state index is 11.9. The van der Waals surface area contributed by atoms with Gasteiger partial charge in [0.15, 0.2) is 0 Å². The Bertz CT molecular complexity index is 409. The summed E-state index contributed by atoms with van der Waals surface area (Å²) >= 11 is 9.29. The van der Waals surface area contributed by atoms with Crippen LogP contribution in [0, 0.1) is 0 Å². The van der Waals surface area contributed by atoms with E-state index in [4.69, 9.17) is 11.6 Å². The van der Waals surface area contributed by atoms with Gasteiger partial charge in [0, 0.05) is 10.5 Å². The summed E-state index contributed by atoms with van der Waals surface area (Å²) in [6.07, 6.45) is 0.0699. The van der Waals surface area contributed by atoms with Crippen LogP contribution in [0.4, 0.5) is 0 Å². The molecule has 0 aromatic heterocycles. The van der Waals surface area contributed by atoms with Crippen molar-refractivity contribution < 1.29 is 9.90 Å². The Balaban J connectivity index is 2.73. The third-order valence-electron chi connectivity index (χ3n) is 2.27. The van der Waals surface area contributed by atoms with Gasteiger partial charge < -0.3 is 10.4 Å². The predicted octanol–water partition coefficient (Wildman–Crippen LogP) is 2.99. The monoisotopic (exact) mass is 319 g/mol. The van der Waals surface area contributed by atoms with Gasteiger partial charge in [-0.1, -0.05) is 17.7 Å². The molecule has 0 aliphatic heterocycles. The quantitative estimate of drug-likeness (QED) is 0.896. The number of halogens is 2. The first kappa shape index (κ1) is 14.5. The number of aliphatic hydroxyl groups is 1. The molecule has 0 radical (unpaired) electrons. The number of rotatable bonds is 4. The summed E-state index contributed by atoms with van der Waals surface area (Å²) in [5.74, 6) is -0.232. The predicted molar refractivity (Wildman–Crippen MR) is 72.4 cm³/mol. The fourth-order valence-electron chi connectivity index (χ4n) is 1.55. The van der Waals surface area contributed by atoms with E-state index < -0.39 is 6.10 Å². The summed E-state index contributed by atoms with van der Waals surface area (Å²) in [5, 5.41) is 12.4. The van der Waals surface area contributed by atoms with E-state index in [1.807, 2.05) is 6.92 Å². The second-order valence-corrected chi connectivity index (χ2v) is 5.29. The SMILES string of the molecule is CC(O)CC(C)NC(=O)c1cccc(Br)c1Cl. The number of hydrogen-bond acceptors (Lipinski definition) is 2. The van der Waals surface area contributed by atoms with Crippen molar-refractivity contribution in [3.05, 3.63) is 33.3 Å². The third kappa shape index (κ3) is 4.30. The van der Waals surface area contributed by atoms with Crippen molar-refractivity contribution in [3.63, 3.8) is 0 Å². The molecule has 0 bridgehead atoms. The normalized spacial score (nSPS) is 14.2. The van der Waals surface area contributed by atoms with Crippen LogP contribution < -0.4 is 5.32 Å². The molecule has 0 spiro atoms. The molecule has 1 aromatic rings. The van der Waals surface area contributed by atoms with Gasteiger partial charge in [-0.15, -0.1) is 0 Å². The Labute approximate surface area is 114 Å². The van der Waals surface area contributed by atoms with Gasteiger partial charge in [-0.2, -0.15) is 0 Å². The number of carbonyl (C=O) groups is 1. The van der Waals surface area contributed by atoms with Gasteiger partial charge in [-0.3, -0.25) is 4.79 Å². The van der Waals surface area contributed by atoms with Gasteiger partial charge in [0.25, 0.3) is 5.91 Å². The maximum Gasteiger partial charge on any atom is 0.253 e. The lowest BCUT2D eigenvalue weighted by Gasteiger charge is -2.16. The number of hydrogen-bond donors (Lipinski definition) is 2. The lowest BCUT2D eigenvalue weighted by atomic mass is 10.1. The molecule has 0 saturated carbocycles. The molecule has 0 saturated heterocycles. The minimum absolute atomic E-state index is 0.0995. The van der Waals surface area contributed by atoms with Crippen molar-refractivity contribution in [1.29, 1.82) is 0 Å². The zero-order valence-corrected chi connectivity index (χ0v) is 12.0. The second-order valence-electron chi connectivity index (χ2n) is 4.06. The first-order valence-corrected chi connectivity index (χ1v) is 6.52. The highest BCUT2D eigenvalue weighted by Gasteiger charge is 2.15. The van der Waals surface area contributed by atoms with E-state index in [-0.39, 0.29) is 11.9 Å². The highest BCUT2D eigenvalue weighted by Crippen LogP contribution is 2.25. The number of amides is 1. The molecule has 2 atom stereocenters. The van der Waals surface area contributed by atoms with Gasteiger partial charge in [0.05, 0.1) is 16.7 Å².